The zero-order valence-corrected chi connectivity index (χ0v) is 18.4. The van der Waals surface area contributed by atoms with Gasteiger partial charge in [-0.15, -0.1) is 0 Å². The summed E-state index contributed by atoms with van der Waals surface area (Å²) in [5.74, 6) is -3.19. The number of rotatable bonds is 4. The van der Waals surface area contributed by atoms with Crippen molar-refractivity contribution in [1.29, 1.82) is 0 Å². The van der Waals surface area contributed by atoms with E-state index in [9.17, 15) is 27.2 Å². The number of hydrogen-bond acceptors (Lipinski definition) is 2. The molecule has 0 radical (unpaired) electrons. The Hall–Kier alpha value is -3.13. The number of fused-ring (bicyclic) bond motifs is 2. The molecule has 3 aromatic rings. The van der Waals surface area contributed by atoms with Crippen molar-refractivity contribution in [3.63, 3.8) is 0 Å². The Morgan fingerprint density at radius 2 is 1.79 bits per heavy atom. The van der Waals surface area contributed by atoms with E-state index < -0.39 is 40.4 Å². The maximum Gasteiger partial charge on any atom is 0.417 e. The Balaban J connectivity index is 1.72. The van der Waals surface area contributed by atoms with Crippen molar-refractivity contribution in [3.8, 4) is 11.1 Å². The van der Waals surface area contributed by atoms with Crippen LogP contribution in [0.1, 0.15) is 63.4 Å². The van der Waals surface area contributed by atoms with Crippen molar-refractivity contribution in [3.05, 3.63) is 81.4 Å². The molecule has 1 aromatic heterocycles. The van der Waals surface area contributed by atoms with E-state index in [1.165, 1.54) is 18.2 Å². The smallest absolute Gasteiger partial charge is 0.417 e. The van der Waals surface area contributed by atoms with Crippen molar-refractivity contribution < 1.29 is 32.3 Å². The van der Waals surface area contributed by atoms with E-state index in [2.05, 4.69) is 0 Å². The Morgan fingerprint density at radius 1 is 1.06 bits per heavy atom. The lowest BCUT2D eigenvalue weighted by Gasteiger charge is -2.27. The first-order valence-electron chi connectivity index (χ1n) is 10.7. The van der Waals surface area contributed by atoms with Gasteiger partial charge in [-0.05, 0) is 61.6 Å². The van der Waals surface area contributed by atoms with Crippen LogP contribution >= 0.6 is 11.6 Å². The largest absolute Gasteiger partial charge is 0.478 e. The summed E-state index contributed by atoms with van der Waals surface area (Å²) < 4.78 is 57.3. The van der Waals surface area contributed by atoms with Crippen LogP contribution in [0.4, 0.5) is 17.6 Å². The molecule has 4 nitrogen and oxygen atoms in total. The van der Waals surface area contributed by atoms with Gasteiger partial charge in [0.15, 0.2) is 0 Å². The summed E-state index contributed by atoms with van der Waals surface area (Å²) in [4.78, 5) is 24.8. The van der Waals surface area contributed by atoms with Crippen LogP contribution in [0.25, 0.3) is 11.1 Å². The Kier molecular flexibility index (Phi) is 5.13. The summed E-state index contributed by atoms with van der Waals surface area (Å²) in [7, 11) is 0. The quantitative estimate of drug-likeness (QED) is 0.325. The Labute approximate surface area is 196 Å². The molecular formula is C25H18ClF4NO3. The third-order valence-corrected chi connectivity index (χ3v) is 7.09. The predicted octanol–water partition coefficient (Wildman–Crippen LogP) is 6.72. The van der Waals surface area contributed by atoms with Crippen LogP contribution < -0.4 is 0 Å². The number of carbonyl (C=O) groups excluding carboxylic acids is 1. The van der Waals surface area contributed by atoms with Crippen LogP contribution in [0.3, 0.4) is 0 Å². The van der Waals surface area contributed by atoms with E-state index in [0.29, 0.717) is 17.7 Å². The molecule has 0 unspecified atom stereocenters. The first-order valence-corrected chi connectivity index (χ1v) is 11.1. The number of ketones is 1. The lowest BCUT2D eigenvalue weighted by Crippen LogP contribution is -2.25. The SMILES string of the molecule is O=C(O)c1ccc(-c2cc(C(=O)c3c(Cl)cccc3C(F)(F)F)n3c2C2(CCC3)CC2)cc1F. The van der Waals surface area contributed by atoms with Gasteiger partial charge in [0, 0.05) is 23.2 Å². The number of nitrogens with zero attached hydrogens (tertiary/aromatic N) is 1. The van der Waals surface area contributed by atoms with E-state index in [1.54, 1.807) is 4.57 Å². The molecule has 1 aliphatic heterocycles. The van der Waals surface area contributed by atoms with E-state index in [4.69, 9.17) is 16.7 Å². The fraction of sp³-hybridized carbons (Fsp3) is 0.280. The molecule has 2 heterocycles. The van der Waals surface area contributed by atoms with Gasteiger partial charge in [-0.3, -0.25) is 4.79 Å². The second kappa shape index (κ2) is 7.70. The van der Waals surface area contributed by atoms with Crippen molar-refractivity contribution in [2.24, 2.45) is 0 Å². The predicted molar refractivity (Wildman–Crippen MR) is 117 cm³/mol. The Morgan fingerprint density at radius 3 is 2.41 bits per heavy atom. The zero-order valence-electron chi connectivity index (χ0n) is 17.7. The number of carboxylic acid groups (broad SMARTS) is 1. The lowest BCUT2D eigenvalue weighted by atomic mass is 9.88. The first-order chi connectivity index (χ1) is 16.0. The van der Waals surface area contributed by atoms with Crippen molar-refractivity contribution >= 4 is 23.4 Å². The van der Waals surface area contributed by atoms with Gasteiger partial charge in [-0.25, -0.2) is 9.18 Å². The van der Waals surface area contributed by atoms with Crippen LogP contribution in [0, 0.1) is 5.82 Å². The highest BCUT2D eigenvalue weighted by Gasteiger charge is 2.50. The third-order valence-electron chi connectivity index (χ3n) is 6.78. The highest BCUT2D eigenvalue weighted by molar-refractivity contribution is 6.35. The second-order valence-corrected chi connectivity index (χ2v) is 9.22. The molecule has 1 N–H and O–H groups in total. The summed E-state index contributed by atoms with van der Waals surface area (Å²) >= 11 is 6.09. The molecule has 1 aliphatic carbocycles. The van der Waals surface area contributed by atoms with Gasteiger partial charge in [0.25, 0.3) is 0 Å². The molecule has 1 spiro atoms. The number of aromatic carboxylic acids is 1. The minimum absolute atomic E-state index is 0.0531. The average molecular weight is 492 g/mol. The number of hydrogen-bond donors (Lipinski definition) is 1. The summed E-state index contributed by atoms with van der Waals surface area (Å²) in [6.45, 7) is 0.430. The number of carboxylic acids is 1. The average Bonchev–Trinajstić information content (AvgIpc) is 3.41. The van der Waals surface area contributed by atoms with Gasteiger partial charge in [0.05, 0.1) is 27.4 Å². The molecule has 0 atom stereocenters. The highest BCUT2D eigenvalue weighted by atomic mass is 35.5. The normalized spacial score (nSPS) is 16.4. The second-order valence-electron chi connectivity index (χ2n) is 8.82. The molecule has 0 saturated heterocycles. The summed E-state index contributed by atoms with van der Waals surface area (Å²) in [6.07, 6.45) is -1.46. The third kappa shape index (κ3) is 3.52. The van der Waals surface area contributed by atoms with Crippen molar-refractivity contribution in [2.75, 3.05) is 0 Å². The van der Waals surface area contributed by atoms with E-state index in [1.807, 2.05) is 0 Å². The van der Waals surface area contributed by atoms with Crippen LogP contribution in [-0.2, 0) is 18.1 Å². The van der Waals surface area contributed by atoms with Crippen LogP contribution in [0.15, 0.2) is 42.5 Å². The van der Waals surface area contributed by atoms with Gasteiger partial charge in [0.2, 0.25) is 5.78 Å². The maximum absolute atomic E-state index is 14.5. The monoisotopic (exact) mass is 491 g/mol. The molecule has 0 amide bonds. The molecule has 2 aliphatic rings. The number of halogens is 5. The number of benzene rings is 2. The molecular weight excluding hydrogens is 474 g/mol. The molecule has 0 bridgehead atoms. The number of carbonyl (C=O) groups is 2. The van der Waals surface area contributed by atoms with Gasteiger partial charge < -0.3 is 9.67 Å². The zero-order chi connectivity index (χ0) is 24.4. The molecule has 176 valence electrons. The Bertz CT molecular complexity index is 1350. The van der Waals surface area contributed by atoms with Crippen LogP contribution in [-0.4, -0.2) is 21.4 Å². The lowest BCUT2D eigenvalue weighted by molar-refractivity contribution is -0.137. The molecule has 5 rings (SSSR count). The molecule has 34 heavy (non-hydrogen) atoms. The standard InChI is InChI=1S/C25H18ClF4NO3/c26-17-4-1-3-16(25(28,29)30)20(17)21(32)19-12-15(13-5-6-14(23(33)34)18(27)11-13)22-24(8-9-24)7-2-10-31(19)22/h1,3-6,11-12H,2,7-10H2,(H,33,34). The van der Waals surface area contributed by atoms with Gasteiger partial charge in [0.1, 0.15) is 5.82 Å². The van der Waals surface area contributed by atoms with Crippen LogP contribution in [0.5, 0.6) is 0 Å². The molecule has 1 saturated carbocycles. The summed E-state index contributed by atoms with van der Waals surface area (Å²) in [5, 5.41) is 8.84. The van der Waals surface area contributed by atoms with Crippen molar-refractivity contribution in [2.45, 2.75) is 43.8 Å². The fourth-order valence-corrected chi connectivity index (χ4v) is 5.33. The minimum Gasteiger partial charge on any atom is -0.478 e. The number of aromatic nitrogens is 1. The number of alkyl halides is 3. The fourth-order valence-electron chi connectivity index (χ4n) is 5.07. The summed E-state index contributed by atoms with van der Waals surface area (Å²) in [6, 6.07) is 8.40. The van der Waals surface area contributed by atoms with E-state index in [-0.39, 0.29) is 16.1 Å². The van der Waals surface area contributed by atoms with Gasteiger partial charge >= 0.3 is 12.1 Å². The van der Waals surface area contributed by atoms with Crippen molar-refractivity contribution in [1.82, 2.24) is 4.57 Å². The molecule has 2 aromatic carbocycles. The highest BCUT2D eigenvalue weighted by Crippen LogP contribution is 2.57. The van der Waals surface area contributed by atoms with E-state index >= 15 is 0 Å². The van der Waals surface area contributed by atoms with Gasteiger partial charge in [-0.1, -0.05) is 23.7 Å². The van der Waals surface area contributed by atoms with Gasteiger partial charge in [-0.2, -0.15) is 13.2 Å². The van der Waals surface area contributed by atoms with E-state index in [0.717, 1.165) is 55.6 Å². The molecule has 9 heteroatoms. The van der Waals surface area contributed by atoms with Crippen LogP contribution in [0.2, 0.25) is 5.02 Å². The first kappa shape index (κ1) is 22.7. The summed E-state index contributed by atoms with van der Waals surface area (Å²) in [5.41, 5.74) is -0.711. The molecule has 1 fully saturated rings. The maximum atomic E-state index is 14.5. The topological polar surface area (TPSA) is 59.3 Å². The minimum atomic E-state index is -4.77.